The van der Waals surface area contributed by atoms with E-state index < -0.39 is 0 Å². The number of benzene rings is 2. The quantitative estimate of drug-likeness (QED) is 0.562. The summed E-state index contributed by atoms with van der Waals surface area (Å²) in [6.07, 6.45) is 0.407. The molecule has 0 unspecified atom stereocenters. The van der Waals surface area contributed by atoms with Gasteiger partial charge in [-0.2, -0.15) is 0 Å². The van der Waals surface area contributed by atoms with Crippen LogP contribution < -0.4 is 14.8 Å². The van der Waals surface area contributed by atoms with Gasteiger partial charge in [0.25, 0.3) is 0 Å². The second-order valence-corrected chi connectivity index (χ2v) is 7.89. The number of nitrogens with one attached hydrogen (secondary N) is 1. The van der Waals surface area contributed by atoms with Crippen molar-refractivity contribution >= 4 is 34.5 Å². The van der Waals surface area contributed by atoms with Crippen LogP contribution in [0.4, 0.5) is 5.69 Å². The van der Waals surface area contributed by atoms with Crippen molar-refractivity contribution in [2.45, 2.75) is 19.3 Å². The minimum atomic E-state index is -0.0145. The Balaban J connectivity index is 1.76. The predicted molar refractivity (Wildman–Crippen MR) is 114 cm³/mol. The molecule has 0 spiro atoms. The average molecular weight is 414 g/mol. The van der Waals surface area contributed by atoms with Gasteiger partial charge < -0.3 is 14.8 Å². The van der Waals surface area contributed by atoms with Crippen molar-refractivity contribution in [2.24, 2.45) is 0 Å². The number of anilines is 1. The van der Waals surface area contributed by atoms with E-state index >= 15 is 0 Å². The maximum Gasteiger partial charge on any atom is 0.225 e. The number of amides is 1. The third kappa shape index (κ3) is 3.48. The van der Waals surface area contributed by atoms with Crippen molar-refractivity contribution < 1.29 is 14.3 Å². The van der Waals surface area contributed by atoms with Gasteiger partial charge in [-0.05, 0) is 42.3 Å². The van der Waals surface area contributed by atoms with Crippen LogP contribution in [0.15, 0.2) is 47.8 Å². The second-order valence-electron chi connectivity index (χ2n) is 6.54. The number of carbonyl (C=O) groups is 1. The average Bonchev–Trinajstić information content (AvgIpc) is 3.12. The Labute approximate surface area is 173 Å². The van der Waals surface area contributed by atoms with Gasteiger partial charge in [-0.25, -0.2) is 0 Å². The van der Waals surface area contributed by atoms with Crippen molar-refractivity contribution in [3.63, 3.8) is 0 Å². The summed E-state index contributed by atoms with van der Waals surface area (Å²) in [5, 5.41) is 5.85. The van der Waals surface area contributed by atoms with Gasteiger partial charge in [0.1, 0.15) is 0 Å². The van der Waals surface area contributed by atoms with Gasteiger partial charge in [-0.3, -0.25) is 4.79 Å². The molecule has 1 aliphatic heterocycles. The van der Waals surface area contributed by atoms with Crippen molar-refractivity contribution in [1.29, 1.82) is 0 Å². The summed E-state index contributed by atoms with van der Waals surface area (Å²) in [7, 11) is 1.63. The molecule has 1 aliphatic rings. The molecule has 28 heavy (non-hydrogen) atoms. The summed E-state index contributed by atoms with van der Waals surface area (Å²) < 4.78 is 11.1. The molecule has 3 aromatic rings. The third-order valence-electron chi connectivity index (χ3n) is 4.84. The molecule has 144 valence electrons. The maximum absolute atomic E-state index is 12.5. The highest BCUT2D eigenvalue weighted by Gasteiger charge is 2.31. The van der Waals surface area contributed by atoms with Gasteiger partial charge in [0.05, 0.1) is 19.4 Å². The molecule has 1 N–H and O–H groups in total. The Hall–Kier alpha value is -2.50. The molecule has 0 bridgehead atoms. The molecule has 4 rings (SSSR count). The zero-order valence-corrected chi connectivity index (χ0v) is 17.2. The van der Waals surface area contributed by atoms with Crippen LogP contribution in [-0.4, -0.2) is 19.6 Å². The molecule has 6 heteroatoms. The summed E-state index contributed by atoms with van der Waals surface area (Å²) in [6, 6.07) is 13.6. The van der Waals surface area contributed by atoms with E-state index in [0.717, 1.165) is 27.3 Å². The van der Waals surface area contributed by atoms with Crippen molar-refractivity contribution in [1.82, 2.24) is 0 Å². The van der Waals surface area contributed by atoms with E-state index in [1.165, 1.54) is 0 Å². The number of ether oxygens (including phenoxy) is 2. The third-order valence-corrected chi connectivity index (χ3v) is 6.18. The number of thiophene rings is 1. The fourth-order valence-electron chi connectivity index (χ4n) is 3.51. The lowest BCUT2D eigenvalue weighted by molar-refractivity contribution is -0.116. The topological polar surface area (TPSA) is 47.6 Å². The lowest BCUT2D eigenvalue weighted by atomic mass is 9.89. The van der Waals surface area contributed by atoms with E-state index in [1.54, 1.807) is 18.4 Å². The van der Waals surface area contributed by atoms with Gasteiger partial charge in [-0.15, -0.1) is 11.3 Å². The van der Waals surface area contributed by atoms with Crippen LogP contribution in [-0.2, 0) is 4.79 Å². The summed E-state index contributed by atoms with van der Waals surface area (Å²) >= 11 is 7.68. The van der Waals surface area contributed by atoms with Crippen molar-refractivity contribution in [3.8, 4) is 22.6 Å². The first kappa shape index (κ1) is 18.8. The second kappa shape index (κ2) is 7.86. The van der Waals surface area contributed by atoms with E-state index in [4.69, 9.17) is 21.1 Å². The molecule has 1 atom stereocenters. The summed E-state index contributed by atoms with van der Waals surface area (Å²) in [5.41, 5.74) is 3.99. The Morgan fingerprint density at radius 3 is 2.68 bits per heavy atom. The van der Waals surface area contributed by atoms with Crippen LogP contribution >= 0.6 is 22.9 Å². The lowest BCUT2D eigenvalue weighted by Gasteiger charge is -2.24. The van der Waals surface area contributed by atoms with E-state index in [1.807, 2.05) is 49.4 Å². The molecule has 0 aliphatic carbocycles. The number of methoxy groups -OCH3 is 1. The molecular weight excluding hydrogens is 394 g/mol. The number of halogens is 1. The fourth-order valence-corrected chi connectivity index (χ4v) is 4.80. The number of hydrogen-bond acceptors (Lipinski definition) is 4. The highest BCUT2D eigenvalue weighted by molar-refractivity contribution is 7.11. The first-order valence-corrected chi connectivity index (χ1v) is 10.3. The number of hydrogen-bond donors (Lipinski definition) is 1. The van der Waals surface area contributed by atoms with Gasteiger partial charge in [0, 0.05) is 33.2 Å². The Kier molecular flexibility index (Phi) is 5.29. The summed E-state index contributed by atoms with van der Waals surface area (Å²) in [6.45, 7) is 2.51. The Morgan fingerprint density at radius 1 is 1.18 bits per heavy atom. The van der Waals surface area contributed by atoms with Gasteiger partial charge in [0.2, 0.25) is 5.91 Å². The van der Waals surface area contributed by atoms with E-state index in [2.05, 4.69) is 10.7 Å². The van der Waals surface area contributed by atoms with Crippen LogP contribution in [0.5, 0.6) is 11.5 Å². The molecule has 0 radical (unpaired) electrons. The molecule has 1 aromatic heterocycles. The van der Waals surface area contributed by atoms with E-state index in [0.29, 0.717) is 29.5 Å². The SMILES string of the molecule is CCOc1ccc([C@H]2CC(=O)Nc3c(-c4ccc(Cl)cc4)csc32)cc1OC. The zero-order valence-electron chi connectivity index (χ0n) is 15.6. The first-order valence-electron chi connectivity index (χ1n) is 9.08. The van der Waals surface area contributed by atoms with Crippen LogP contribution in [0.2, 0.25) is 5.02 Å². The van der Waals surface area contributed by atoms with E-state index in [9.17, 15) is 4.79 Å². The number of rotatable bonds is 5. The standard InChI is InChI=1S/C22H20ClNO3S/c1-3-27-18-9-6-14(10-19(18)26-2)16-11-20(25)24-21-17(12-28-22(16)21)13-4-7-15(23)8-5-13/h4-10,12,16H,3,11H2,1-2H3,(H,24,25)/t16-/m1/s1. The Bertz CT molecular complexity index is 1010. The molecule has 2 aromatic carbocycles. The lowest BCUT2D eigenvalue weighted by Crippen LogP contribution is -2.22. The van der Waals surface area contributed by atoms with Crippen LogP contribution in [0.25, 0.3) is 11.1 Å². The minimum absolute atomic E-state index is 0.0129. The van der Waals surface area contributed by atoms with Crippen molar-refractivity contribution in [3.05, 3.63) is 63.3 Å². The minimum Gasteiger partial charge on any atom is -0.493 e. The smallest absolute Gasteiger partial charge is 0.225 e. The predicted octanol–water partition coefficient (Wildman–Crippen LogP) is 5.95. The highest BCUT2D eigenvalue weighted by atomic mass is 35.5. The molecule has 4 nitrogen and oxygen atoms in total. The van der Waals surface area contributed by atoms with Crippen molar-refractivity contribution in [2.75, 3.05) is 19.0 Å². The molecule has 1 amide bonds. The van der Waals surface area contributed by atoms with E-state index in [-0.39, 0.29) is 11.8 Å². The van der Waals surface area contributed by atoms with Crippen LogP contribution in [0.1, 0.15) is 29.7 Å². The van der Waals surface area contributed by atoms with Gasteiger partial charge >= 0.3 is 0 Å². The largest absolute Gasteiger partial charge is 0.493 e. The van der Waals surface area contributed by atoms with Crippen LogP contribution in [0, 0.1) is 0 Å². The summed E-state index contributed by atoms with van der Waals surface area (Å²) in [4.78, 5) is 13.6. The fraction of sp³-hybridized carbons (Fsp3) is 0.227. The molecule has 0 saturated carbocycles. The Morgan fingerprint density at radius 2 is 1.96 bits per heavy atom. The highest BCUT2D eigenvalue weighted by Crippen LogP contribution is 2.47. The molecular formula is C22H20ClNO3S. The molecule has 0 saturated heterocycles. The van der Waals surface area contributed by atoms with Crippen LogP contribution in [0.3, 0.4) is 0 Å². The maximum atomic E-state index is 12.5. The molecule has 0 fully saturated rings. The van der Waals surface area contributed by atoms with Gasteiger partial charge in [-0.1, -0.05) is 29.8 Å². The monoisotopic (exact) mass is 413 g/mol. The normalized spacial score (nSPS) is 15.7. The first-order chi connectivity index (χ1) is 13.6. The number of fused-ring (bicyclic) bond motifs is 1. The molecule has 2 heterocycles. The van der Waals surface area contributed by atoms with Gasteiger partial charge in [0.15, 0.2) is 11.5 Å². The number of carbonyl (C=O) groups excluding carboxylic acids is 1. The summed E-state index contributed by atoms with van der Waals surface area (Å²) in [5.74, 6) is 1.39. The zero-order chi connectivity index (χ0) is 19.7.